The smallest absolute Gasteiger partial charge is 0.121 e. The zero-order chi connectivity index (χ0) is 15.1. The van der Waals surface area contributed by atoms with Crippen LogP contribution in [0.5, 0.6) is 5.75 Å². The van der Waals surface area contributed by atoms with Gasteiger partial charge in [-0.25, -0.2) is 0 Å². The van der Waals surface area contributed by atoms with E-state index in [9.17, 15) is 5.11 Å². The number of hydrogen-bond acceptors (Lipinski definition) is 4. The van der Waals surface area contributed by atoms with Gasteiger partial charge in [0.15, 0.2) is 0 Å². The van der Waals surface area contributed by atoms with E-state index in [1.54, 1.807) is 36.4 Å². The molecule has 21 heavy (non-hydrogen) atoms. The van der Waals surface area contributed by atoms with Gasteiger partial charge in [-0.3, -0.25) is 0 Å². The van der Waals surface area contributed by atoms with Crippen molar-refractivity contribution in [3.63, 3.8) is 0 Å². The molecule has 2 aromatic rings. The summed E-state index contributed by atoms with van der Waals surface area (Å²) in [6, 6.07) is 14.5. The van der Waals surface area contributed by atoms with Gasteiger partial charge in [0.1, 0.15) is 18.5 Å². The highest BCUT2D eigenvalue weighted by molar-refractivity contribution is 6.30. The zero-order valence-corrected chi connectivity index (χ0v) is 12.3. The second kappa shape index (κ2) is 7.88. The maximum atomic E-state index is 9.80. The summed E-state index contributed by atoms with van der Waals surface area (Å²) in [6.07, 6.45) is -0.696. The Morgan fingerprint density at radius 1 is 1.10 bits per heavy atom. The third-order valence-corrected chi connectivity index (χ3v) is 3.04. The van der Waals surface area contributed by atoms with Crippen molar-refractivity contribution in [2.45, 2.75) is 12.7 Å². The molecule has 0 aromatic heterocycles. The van der Waals surface area contributed by atoms with E-state index >= 15 is 0 Å². The van der Waals surface area contributed by atoms with Gasteiger partial charge in [-0.05, 0) is 29.8 Å². The van der Waals surface area contributed by atoms with Crippen molar-refractivity contribution < 1.29 is 14.6 Å². The van der Waals surface area contributed by atoms with Gasteiger partial charge < -0.3 is 20.3 Å². The van der Waals surface area contributed by atoms with Gasteiger partial charge in [0.25, 0.3) is 0 Å². The van der Waals surface area contributed by atoms with Gasteiger partial charge in [0.05, 0.1) is 13.2 Å². The summed E-state index contributed by atoms with van der Waals surface area (Å²) in [7, 11) is 0. The van der Waals surface area contributed by atoms with E-state index < -0.39 is 6.10 Å². The summed E-state index contributed by atoms with van der Waals surface area (Å²) in [5, 5.41) is 10.5. The Hall–Kier alpha value is -1.75. The molecule has 1 atom stereocenters. The lowest BCUT2D eigenvalue weighted by atomic mass is 10.2. The molecule has 0 saturated heterocycles. The molecule has 0 radical (unpaired) electrons. The average molecular weight is 308 g/mol. The molecule has 0 aliphatic carbocycles. The first-order chi connectivity index (χ1) is 10.1. The average Bonchev–Trinajstić information content (AvgIpc) is 2.47. The Kier molecular flexibility index (Phi) is 5.87. The van der Waals surface area contributed by atoms with E-state index in [0.29, 0.717) is 23.1 Å². The van der Waals surface area contributed by atoms with E-state index in [1.807, 2.05) is 12.1 Å². The SMILES string of the molecule is Nc1cccc(OCC(O)COCc2ccc(Cl)cc2)c1. The van der Waals surface area contributed by atoms with E-state index in [4.69, 9.17) is 26.8 Å². The second-order valence-electron chi connectivity index (χ2n) is 4.68. The van der Waals surface area contributed by atoms with Crippen molar-refractivity contribution in [2.24, 2.45) is 0 Å². The predicted octanol–water partition coefficient (Wildman–Crippen LogP) is 2.88. The number of ether oxygens (including phenoxy) is 2. The van der Waals surface area contributed by atoms with Gasteiger partial charge >= 0.3 is 0 Å². The summed E-state index contributed by atoms with van der Waals surface area (Å²) in [4.78, 5) is 0. The molecule has 4 nitrogen and oxygen atoms in total. The lowest BCUT2D eigenvalue weighted by Crippen LogP contribution is -2.23. The summed E-state index contributed by atoms with van der Waals surface area (Å²) < 4.78 is 10.9. The second-order valence-corrected chi connectivity index (χ2v) is 5.12. The van der Waals surface area contributed by atoms with Crippen LogP contribution in [0.4, 0.5) is 5.69 Å². The number of anilines is 1. The van der Waals surface area contributed by atoms with Crippen LogP contribution in [0, 0.1) is 0 Å². The minimum absolute atomic E-state index is 0.157. The molecule has 0 bridgehead atoms. The number of benzene rings is 2. The van der Waals surface area contributed by atoms with Crippen LogP contribution >= 0.6 is 11.6 Å². The van der Waals surface area contributed by atoms with E-state index in [2.05, 4.69) is 0 Å². The molecule has 2 rings (SSSR count). The monoisotopic (exact) mass is 307 g/mol. The minimum atomic E-state index is -0.696. The van der Waals surface area contributed by atoms with E-state index in [0.717, 1.165) is 5.56 Å². The van der Waals surface area contributed by atoms with Gasteiger partial charge in [0.2, 0.25) is 0 Å². The first kappa shape index (κ1) is 15.6. The third kappa shape index (κ3) is 5.63. The van der Waals surface area contributed by atoms with Gasteiger partial charge in [0, 0.05) is 16.8 Å². The molecule has 2 aromatic carbocycles. The molecule has 112 valence electrons. The fourth-order valence-corrected chi connectivity index (χ4v) is 1.86. The Bertz CT molecular complexity index is 560. The highest BCUT2D eigenvalue weighted by Crippen LogP contribution is 2.14. The lowest BCUT2D eigenvalue weighted by molar-refractivity contribution is 0.00550. The summed E-state index contributed by atoms with van der Waals surface area (Å²) >= 11 is 5.80. The topological polar surface area (TPSA) is 64.7 Å². The van der Waals surface area contributed by atoms with Crippen molar-refractivity contribution in [3.8, 4) is 5.75 Å². The van der Waals surface area contributed by atoms with Crippen molar-refractivity contribution in [3.05, 3.63) is 59.1 Å². The van der Waals surface area contributed by atoms with Crippen LogP contribution in [0.15, 0.2) is 48.5 Å². The molecule has 0 aliphatic rings. The van der Waals surface area contributed by atoms with Crippen LogP contribution < -0.4 is 10.5 Å². The van der Waals surface area contributed by atoms with Crippen molar-refractivity contribution in [2.75, 3.05) is 18.9 Å². The van der Waals surface area contributed by atoms with Crippen LogP contribution in [0.3, 0.4) is 0 Å². The molecular weight excluding hydrogens is 290 g/mol. The Morgan fingerprint density at radius 3 is 2.57 bits per heavy atom. The number of nitrogens with two attached hydrogens (primary N) is 1. The molecule has 0 heterocycles. The lowest BCUT2D eigenvalue weighted by Gasteiger charge is -2.13. The number of nitrogen functional groups attached to an aromatic ring is 1. The third-order valence-electron chi connectivity index (χ3n) is 2.79. The molecule has 3 N–H and O–H groups in total. The molecule has 0 aliphatic heterocycles. The molecule has 0 fully saturated rings. The van der Waals surface area contributed by atoms with Crippen molar-refractivity contribution in [1.82, 2.24) is 0 Å². The molecular formula is C16H18ClNO3. The number of aliphatic hydroxyl groups excluding tert-OH is 1. The first-order valence-corrected chi connectivity index (χ1v) is 7.00. The van der Waals surface area contributed by atoms with Crippen LogP contribution in [0.2, 0.25) is 5.02 Å². The normalized spacial score (nSPS) is 12.1. The Labute approximate surface area is 129 Å². The number of rotatable bonds is 7. The standard InChI is InChI=1S/C16H18ClNO3/c17-13-6-4-12(5-7-13)9-20-10-15(19)11-21-16-3-1-2-14(18)8-16/h1-8,15,19H,9-11,18H2. The van der Waals surface area contributed by atoms with Crippen LogP contribution in [0.25, 0.3) is 0 Å². The van der Waals surface area contributed by atoms with Gasteiger partial charge in [-0.1, -0.05) is 29.8 Å². The fourth-order valence-electron chi connectivity index (χ4n) is 1.74. The highest BCUT2D eigenvalue weighted by atomic mass is 35.5. The highest BCUT2D eigenvalue weighted by Gasteiger charge is 2.06. The zero-order valence-electron chi connectivity index (χ0n) is 11.5. The minimum Gasteiger partial charge on any atom is -0.491 e. The van der Waals surface area contributed by atoms with Crippen LogP contribution in [-0.4, -0.2) is 24.4 Å². The number of halogens is 1. The van der Waals surface area contributed by atoms with Crippen LogP contribution in [0.1, 0.15) is 5.56 Å². The first-order valence-electron chi connectivity index (χ1n) is 6.62. The van der Waals surface area contributed by atoms with Gasteiger partial charge in [-0.15, -0.1) is 0 Å². The maximum Gasteiger partial charge on any atom is 0.121 e. The van der Waals surface area contributed by atoms with E-state index in [1.165, 1.54) is 0 Å². The van der Waals surface area contributed by atoms with E-state index in [-0.39, 0.29) is 13.2 Å². The summed E-state index contributed by atoms with van der Waals surface area (Å²) in [5.41, 5.74) is 7.27. The quantitative estimate of drug-likeness (QED) is 0.772. The predicted molar refractivity (Wildman–Crippen MR) is 83.5 cm³/mol. The molecule has 1 unspecified atom stereocenters. The summed E-state index contributed by atoms with van der Waals surface area (Å²) in [5.74, 6) is 0.631. The largest absolute Gasteiger partial charge is 0.491 e. The number of hydrogen-bond donors (Lipinski definition) is 2. The molecule has 0 amide bonds. The summed E-state index contributed by atoms with van der Waals surface area (Å²) in [6.45, 7) is 0.779. The van der Waals surface area contributed by atoms with Gasteiger partial charge in [-0.2, -0.15) is 0 Å². The maximum absolute atomic E-state index is 9.80. The molecule has 0 spiro atoms. The fraction of sp³-hybridized carbons (Fsp3) is 0.250. The molecule has 5 heteroatoms. The van der Waals surface area contributed by atoms with Crippen molar-refractivity contribution in [1.29, 1.82) is 0 Å². The Morgan fingerprint density at radius 2 is 1.86 bits per heavy atom. The van der Waals surface area contributed by atoms with Crippen LogP contribution in [-0.2, 0) is 11.3 Å². The molecule has 0 saturated carbocycles. The number of aliphatic hydroxyl groups is 1. The van der Waals surface area contributed by atoms with Crippen molar-refractivity contribution >= 4 is 17.3 Å². The Balaban J connectivity index is 1.67.